The highest BCUT2D eigenvalue weighted by Crippen LogP contribution is 2.30. The van der Waals surface area contributed by atoms with E-state index in [2.05, 4.69) is 13.8 Å². The van der Waals surface area contributed by atoms with Gasteiger partial charge < -0.3 is 9.84 Å². The zero-order valence-corrected chi connectivity index (χ0v) is 11.1. The lowest BCUT2D eigenvalue weighted by molar-refractivity contribution is -0.0592. The standard InChI is InChI=1S/C14H28O2/c1-4-14(13-8-6-5-7-9-13)16-12(3)10-11(2)15/h11-15H,4-10H2,1-3H3/t11-,12-,14+/m1/s1. The fraction of sp³-hybridized carbons (Fsp3) is 1.00. The van der Waals surface area contributed by atoms with Gasteiger partial charge in [0.15, 0.2) is 0 Å². The van der Waals surface area contributed by atoms with Crippen molar-refractivity contribution < 1.29 is 9.84 Å². The van der Waals surface area contributed by atoms with Gasteiger partial charge in [0.2, 0.25) is 0 Å². The molecule has 0 bridgehead atoms. The molecule has 0 amide bonds. The molecule has 0 saturated heterocycles. The first-order valence-corrected chi connectivity index (χ1v) is 6.97. The van der Waals surface area contributed by atoms with Gasteiger partial charge in [0.05, 0.1) is 18.3 Å². The molecule has 2 nitrogen and oxygen atoms in total. The van der Waals surface area contributed by atoms with Crippen molar-refractivity contribution in [2.24, 2.45) is 5.92 Å². The van der Waals surface area contributed by atoms with Crippen LogP contribution in [0.2, 0.25) is 0 Å². The third-order valence-electron chi connectivity index (χ3n) is 3.66. The third-order valence-corrected chi connectivity index (χ3v) is 3.66. The van der Waals surface area contributed by atoms with Crippen LogP contribution in [0.1, 0.15) is 65.7 Å². The van der Waals surface area contributed by atoms with E-state index in [1.54, 1.807) is 0 Å². The Morgan fingerprint density at radius 1 is 1.19 bits per heavy atom. The van der Waals surface area contributed by atoms with Crippen LogP contribution in [0.5, 0.6) is 0 Å². The van der Waals surface area contributed by atoms with Gasteiger partial charge in [-0.05, 0) is 45.4 Å². The highest BCUT2D eigenvalue weighted by molar-refractivity contribution is 4.74. The molecular formula is C14H28O2. The summed E-state index contributed by atoms with van der Waals surface area (Å²) >= 11 is 0. The molecule has 1 saturated carbocycles. The second-order valence-corrected chi connectivity index (χ2v) is 5.38. The Morgan fingerprint density at radius 2 is 1.81 bits per heavy atom. The molecule has 0 radical (unpaired) electrons. The molecule has 0 heterocycles. The van der Waals surface area contributed by atoms with Gasteiger partial charge in [-0.3, -0.25) is 0 Å². The van der Waals surface area contributed by atoms with Crippen LogP contribution in [0.25, 0.3) is 0 Å². The molecule has 1 fully saturated rings. The molecular weight excluding hydrogens is 200 g/mol. The normalized spacial score (nSPS) is 24.0. The molecule has 0 unspecified atom stereocenters. The van der Waals surface area contributed by atoms with E-state index < -0.39 is 0 Å². The molecule has 2 heteroatoms. The lowest BCUT2D eigenvalue weighted by atomic mass is 9.84. The molecule has 16 heavy (non-hydrogen) atoms. The van der Waals surface area contributed by atoms with Gasteiger partial charge in [-0.15, -0.1) is 0 Å². The van der Waals surface area contributed by atoms with E-state index in [1.165, 1.54) is 32.1 Å². The van der Waals surface area contributed by atoms with Crippen LogP contribution < -0.4 is 0 Å². The van der Waals surface area contributed by atoms with Crippen LogP contribution in [-0.4, -0.2) is 23.4 Å². The highest BCUT2D eigenvalue weighted by Gasteiger charge is 2.24. The van der Waals surface area contributed by atoms with Crippen LogP contribution in [-0.2, 0) is 4.74 Å². The number of aliphatic hydroxyl groups is 1. The van der Waals surface area contributed by atoms with Crippen LogP contribution in [0, 0.1) is 5.92 Å². The molecule has 0 spiro atoms. The summed E-state index contributed by atoms with van der Waals surface area (Å²) in [6.45, 7) is 6.13. The summed E-state index contributed by atoms with van der Waals surface area (Å²) in [5, 5.41) is 9.34. The zero-order valence-electron chi connectivity index (χ0n) is 11.1. The van der Waals surface area contributed by atoms with Crippen molar-refractivity contribution in [2.75, 3.05) is 0 Å². The van der Waals surface area contributed by atoms with Crippen molar-refractivity contribution in [3.63, 3.8) is 0 Å². The molecule has 1 aliphatic rings. The fourth-order valence-electron chi connectivity index (χ4n) is 2.88. The minimum atomic E-state index is -0.251. The SMILES string of the molecule is CC[C@H](O[C@H](C)C[C@@H](C)O)C1CCCCC1. The number of aliphatic hydroxyl groups excluding tert-OH is 1. The van der Waals surface area contributed by atoms with Crippen molar-refractivity contribution in [2.45, 2.75) is 84.0 Å². The molecule has 0 aromatic rings. The highest BCUT2D eigenvalue weighted by atomic mass is 16.5. The van der Waals surface area contributed by atoms with Crippen LogP contribution >= 0.6 is 0 Å². The van der Waals surface area contributed by atoms with Crippen LogP contribution in [0.3, 0.4) is 0 Å². The molecule has 3 atom stereocenters. The molecule has 1 rings (SSSR count). The lowest BCUT2D eigenvalue weighted by Gasteiger charge is -2.32. The van der Waals surface area contributed by atoms with Crippen LogP contribution in [0.15, 0.2) is 0 Å². The van der Waals surface area contributed by atoms with Crippen molar-refractivity contribution in [3.05, 3.63) is 0 Å². The quantitative estimate of drug-likeness (QED) is 0.753. The van der Waals surface area contributed by atoms with Gasteiger partial charge in [0, 0.05) is 0 Å². The number of ether oxygens (including phenoxy) is 1. The Labute approximate surface area is 100 Å². The Kier molecular flexibility index (Phi) is 6.37. The minimum absolute atomic E-state index is 0.187. The van der Waals surface area contributed by atoms with Crippen molar-refractivity contribution >= 4 is 0 Å². The number of rotatable bonds is 6. The lowest BCUT2D eigenvalue weighted by Crippen LogP contribution is -2.30. The summed E-state index contributed by atoms with van der Waals surface area (Å²) in [5.41, 5.74) is 0. The van der Waals surface area contributed by atoms with Crippen LogP contribution in [0.4, 0.5) is 0 Å². The zero-order chi connectivity index (χ0) is 12.0. The predicted molar refractivity (Wildman–Crippen MR) is 67.5 cm³/mol. The van der Waals surface area contributed by atoms with Gasteiger partial charge in [-0.25, -0.2) is 0 Å². The van der Waals surface area contributed by atoms with Crippen molar-refractivity contribution in [3.8, 4) is 0 Å². The van der Waals surface area contributed by atoms with Gasteiger partial charge in [-0.1, -0.05) is 26.2 Å². The van der Waals surface area contributed by atoms with E-state index >= 15 is 0 Å². The molecule has 1 N–H and O–H groups in total. The Bertz CT molecular complexity index is 174. The first kappa shape index (κ1) is 14.0. The second-order valence-electron chi connectivity index (χ2n) is 5.38. The Balaban J connectivity index is 2.34. The summed E-state index contributed by atoms with van der Waals surface area (Å²) in [5.74, 6) is 0.759. The Morgan fingerprint density at radius 3 is 2.31 bits per heavy atom. The topological polar surface area (TPSA) is 29.5 Å². The van der Waals surface area contributed by atoms with Gasteiger partial charge in [-0.2, -0.15) is 0 Å². The summed E-state index contributed by atoms with van der Waals surface area (Å²) in [6.07, 6.45) is 9.01. The second kappa shape index (κ2) is 7.29. The van der Waals surface area contributed by atoms with E-state index in [-0.39, 0.29) is 12.2 Å². The van der Waals surface area contributed by atoms with Gasteiger partial charge in [0.1, 0.15) is 0 Å². The average Bonchev–Trinajstić information content (AvgIpc) is 2.26. The maximum Gasteiger partial charge on any atom is 0.0604 e. The average molecular weight is 228 g/mol. The summed E-state index contributed by atoms with van der Waals surface area (Å²) < 4.78 is 6.09. The maximum atomic E-state index is 9.34. The van der Waals surface area contributed by atoms with E-state index in [4.69, 9.17) is 4.74 Å². The largest absolute Gasteiger partial charge is 0.393 e. The molecule has 1 aliphatic carbocycles. The molecule has 0 aliphatic heterocycles. The van der Waals surface area contributed by atoms with E-state index in [1.807, 2.05) is 6.92 Å². The predicted octanol–water partition coefficient (Wildman–Crippen LogP) is 3.52. The number of hydrogen-bond acceptors (Lipinski definition) is 2. The monoisotopic (exact) mass is 228 g/mol. The fourth-order valence-corrected chi connectivity index (χ4v) is 2.88. The first-order valence-electron chi connectivity index (χ1n) is 6.97. The molecule has 0 aromatic carbocycles. The smallest absolute Gasteiger partial charge is 0.0604 e. The minimum Gasteiger partial charge on any atom is -0.393 e. The first-order chi connectivity index (χ1) is 7.63. The van der Waals surface area contributed by atoms with E-state index in [9.17, 15) is 5.11 Å². The Hall–Kier alpha value is -0.0800. The summed E-state index contributed by atoms with van der Waals surface area (Å²) in [7, 11) is 0. The summed E-state index contributed by atoms with van der Waals surface area (Å²) in [4.78, 5) is 0. The van der Waals surface area contributed by atoms with Gasteiger partial charge >= 0.3 is 0 Å². The van der Waals surface area contributed by atoms with E-state index in [0.29, 0.717) is 6.10 Å². The molecule has 0 aromatic heterocycles. The van der Waals surface area contributed by atoms with Gasteiger partial charge in [0.25, 0.3) is 0 Å². The third kappa shape index (κ3) is 4.84. The number of hydrogen-bond donors (Lipinski definition) is 1. The maximum absolute atomic E-state index is 9.34. The van der Waals surface area contributed by atoms with Crippen molar-refractivity contribution in [1.82, 2.24) is 0 Å². The summed E-state index contributed by atoms with van der Waals surface area (Å²) in [6, 6.07) is 0. The van der Waals surface area contributed by atoms with E-state index in [0.717, 1.165) is 18.8 Å². The molecule has 96 valence electrons. The van der Waals surface area contributed by atoms with Crippen molar-refractivity contribution in [1.29, 1.82) is 0 Å².